The molecule has 1 aromatic heterocycles. The van der Waals surface area contributed by atoms with Gasteiger partial charge in [0.15, 0.2) is 11.0 Å². The van der Waals surface area contributed by atoms with Gasteiger partial charge in [0.1, 0.15) is 5.82 Å². The van der Waals surface area contributed by atoms with Gasteiger partial charge in [0, 0.05) is 12.7 Å². The molecule has 2 amide bonds. The second-order valence-corrected chi connectivity index (χ2v) is 7.72. The average molecular weight is 428 g/mol. The van der Waals surface area contributed by atoms with Crippen molar-refractivity contribution in [3.63, 3.8) is 0 Å². The maximum absolute atomic E-state index is 13.8. The van der Waals surface area contributed by atoms with Crippen molar-refractivity contribution in [3.8, 4) is 0 Å². The largest absolute Gasteiger partial charge is 0.342 e. The van der Waals surface area contributed by atoms with E-state index in [2.05, 4.69) is 20.8 Å². The van der Waals surface area contributed by atoms with E-state index in [0.29, 0.717) is 11.0 Å². The molecule has 2 aromatic carbocycles. The Morgan fingerprint density at radius 3 is 2.67 bits per heavy atom. The summed E-state index contributed by atoms with van der Waals surface area (Å²) in [6.07, 6.45) is 0. The summed E-state index contributed by atoms with van der Waals surface area (Å²) in [5.74, 6) is -0.612. The molecular formula is C21H22FN5O2S. The van der Waals surface area contributed by atoms with E-state index in [4.69, 9.17) is 0 Å². The summed E-state index contributed by atoms with van der Waals surface area (Å²) in [5, 5.41) is 14.3. The molecule has 156 valence electrons. The maximum Gasteiger partial charge on any atom is 0.254 e. The molecule has 0 bridgehead atoms. The van der Waals surface area contributed by atoms with Gasteiger partial charge in [0.2, 0.25) is 5.91 Å². The Balaban J connectivity index is 1.59. The summed E-state index contributed by atoms with van der Waals surface area (Å²) in [5.41, 5.74) is 1.77. The zero-order chi connectivity index (χ0) is 21.7. The van der Waals surface area contributed by atoms with Crippen LogP contribution in [-0.2, 0) is 11.8 Å². The van der Waals surface area contributed by atoms with Gasteiger partial charge in [0.05, 0.1) is 17.4 Å². The van der Waals surface area contributed by atoms with E-state index in [0.717, 1.165) is 11.3 Å². The molecule has 0 aliphatic carbocycles. The van der Waals surface area contributed by atoms with Crippen molar-refractivity contribution in [3.05, 3.63) is 71.3 Å². The first-order chi connectivity index (χ1) is 14.3. The van der Waals surface area contributed by atoms with Crippen LogP contribution in [0.5, 0.6) is 0 Å². The number of nitrogens with one attached hydrogen (secondary N) is 2. The highest BCUT2D eigenvalue weighted by atomic mass is 32.2. The minimum absolute atomic E-state index is 0.0334. The van der Waals surface area contributed by atoms with Crippen LogP contribution in [0.4, 0.5) is 10.1 Å². The first-order valence-corrected chi connectivity index (χ1v) is 10.3. The van der Waals surface area contributed by atoms with E-state index in [-0.39, 0.29) is 17.2 Å². The summed E-state index contributed by atoms with van der Waals surface area (Å²) in [4.78, 5) is 24.5. The van der Waals surface area contributed by atoms with Gasteiger partial charge in [-0.15, -0.1) is 10.2 Å². The van der Waals surface area contributed by atoms with E-state index in [9.17, 15) is 14.0 Å². The first-order valence-electron chi connectivity index (χ1n) is 9.29. The quantitative estimate of drug-likeness (QED) is 0.564. The highest BCUT2D eigenvalue weighted by molar-refractivity contribution is 7.99. The normalized spacial score (nSPS) is 11.7. The standard InChI is InChI=1S/C21H22FN5O2S/c1-13-7-6-8-15(11-13)24-18(28)12-30-21-26-25-19(27(21)3)14(2)23-20(29)16-9-4-5-10-17(16)22/h4-11,14H,12H2,1-3H3,(H,23,29)(H,24,28)/t14-/m1/s1. The molecule has 2 N–H and O–H groups in total. The number of rotatable bonds is 7. The number of amides is 2. The second kappa shape index (κ2) is 9.53. The van der Waals surface area contributed by atoms with Crippen LogP contribution < -0.4 is 10.6 Å². The number of aromatic nitrogens is 3. The van der Waals surface area contributed by atoms with Gasteiger partial charge in [-0.3, -0.25) is 9.59 Å². The Kier molecular flexibility index (Phi) is 6.83. The van der Waals surface area contributed by atoms with Gasteiger partial charge < -0.3 is 15.2 Å². The van der Waals surface area contributed by atoms with Crippen LogP contribution in [0.1, 0.15) is 34.7 Å². The molecule has 9 heteroatoms. The van der Waals surface area contributed by atoms with Gasteiger partial charge in [-0.2, -0.15) is 0 Å². The average Bonchev–Trinajstić information content (AvgIpc) is 3.07. The molecule has 0 aliphatic heterocycles. The Hall–Kier alpha value is -3.20. The number of hydrogen-bond acceptors (Lipinski definition) is 5. The third-order valence-corrected chi connectivity index (χ3v) is 5.38. The lowest BCUT2D eigenvalue weighted by Crippen LogP contribution is -2.29. The van der Waals surface area contributed by atoms with Crippen molar-refractivity contribution < 1.29 is 14.0 Å². The van der Waals surface area contributed by atoms with Crippen molar-refractivity contribution in [1.29, 1.82) is 0 Å². The maximum atomic E-state index is 13.8. The van der Waals surface area contributed by atoms with Crippen LogP contribution in [0.2, 0.25) is 0 Å². The number of nitrogens with zero attached hydrogens (tertiary/aromatic N) is 3. The molecule has 0 radical (unpaired) electrons. The highest BCUT2D eigenvalue weighted by Crippen LogP contribution is 2.20. The minimum Gasteiger partial charge on any atom is -0.342 e. The highest BCUT2D eigenvalue weighted by Gasteiger charge is 2.20. The number of anilines is 1. The van der Waals surface area contributed by atoms with Gasteiger partial charge in [-0.25, -0.2) is 4.39 Å². The van der Waals surface area contributed by atoms with Crippen LogP contribution >= 0.6 is 11.8 Å². The molecule has 3 aromatic rings. The van der Waals surface area contributed by atoms with Crippen LogP contribution in [0.3, 0.4) is 0 Å². The number of halogens is 1. The summed E-state index contributed by atoms with van der Waals surface area (Å²) in [6.45, 7) is 3.69. The topological polar surface area (TPSA) is 88.9 Å². The van der Waals surface area contributed by atoms with E-state index in [1.165, 1.54) is 30.0 Å². The summed E-state index contributed by atoms with van der Waals surface area (Å²) >= 11 is 1.24. The second-order valence-electron chi connectivity index (χ2n) is 6.78. The van der Waals surface area contributed by atoms with Crippen molar-refractivity contribution in [1.82, 2.24) is 20.1 Å². The van der Waals surface area contributed by atoms with E-state index in [1.807, 2.05) is 31.2 Å². The fourth-order valence-corrected chi connectivity index (χ4v) is 3.58. The van der Waals surface area contributed by atoms with Crippen LogP contribution in [0.25, 0.3) is 0 Å². The summed E-state index contributed by atoms with van der Waals surface area (Å²) in [6, 6.07) is 12.8. The SMILES string of the molecule is Cc1cccc(NC(=O)CSc2nnc([C@@H](C)NC(=O)c3ccccc3F)n2C)c1. The number of hydrogen-bond donors (Lipinski definition) is 2. The van der Waals surface area contributed by atoms with Crippen molar-refractivity contribution in [2.24, 2.45) is 7.05 Å². The lowest BCUT2D eigenvalue weighted by Gasteiger charge is -2.14. The zero-order valence-electron chi connectivity index (χ0n) is 16.8. The number of thioether (sulfide) groups is 1. The Morgan fingerprint density at radius 1 is 1.17 bits per heavy atom. The molecule has 30 heavy (non-hydrogen) atoms. The molecule has 0 fully saturated rings. The Bertz CT molecular complexity index is 1070. The fraction of sp³-hybridized carbons (Fsp3) is 0.238. The number of carbonyl (C=O) groups is 2. The van der Waals surface area contributed by atoms with Crippen LogP contribution in [0, 0.1) is 12.7 Å². The number of carbonyl (C=O) groups excluding carboxylic acids is 2. The monoisotopic (exact) mass is 427 g/mol. The molecule has 0 saturated heterocycles. The fourth-order valence-electron chi connectivity index (χ4n) is 2.86. The van der Waals surface area contributed by atoms with Gasteiger partial charge >= 0.3 is 0 Å². The molecule has 1 heterocycles. The third kappa shape index (κ3) is 5.24. The predicted molar refractivity (Wildman–Crippen MR) is 114 cm³/mol. The van der Waals surface area contributed by atoms with Gasteiger partial charge in [-0.1, -0.05) is 36.0 Å². The lowest BCUT2D eigenvalue weighted by molar-refractivity contribution is -0.113. The molecule has 0 saturated carbocycles. The molecule has 0 unspecified atom stereocenters. The van der Waals surface area contributed by atoms with Crippen molar-refractivity contribution in [2.45, 2.75) is 25.0 Å². The first kappa shape index (κ1) is 21.5. The zero-order valence-corrected chi connectivity index (χ0v) is 17.7. The van der Waals surface area contributed by atoms with Gasteiger partial charge in [-0.05, 0) is 43.7 Å². The minimum atomic E-state index is -0.587. The van der Waals surface area contributed by atoms with E-state index < -0.39 is 17.8 Å². The Morgan fingerprint density at radius 2 is 1.93 bits per heavy atom. The van der Waals surface area contributed by atoms with Crippen LogP contribution in [0.15, 0.2) is 53.7 Å². The van der Waals surface area contributed by atoms with Crippen molar-refractivity contribution >= 4 is 29.3 Å². The molecule has 0 spiro atoms. The third-order valence-electron chi connectivity index (χ3n) is 4.36. The molecule has 3 rings (SSSR count). The van der Waals surface area contributed by atoms with Gasteiger partial charge in [0.25, 0.3) is 5.91 Å². The predicted octanol–water partition coefficient (Wildman–Crippen LogP) is 3.48. The van der Waals surface area contributed by atoms with E-state index in [1.54, 1.807) is 24.6 Å². The smallest absolute Gasteiger partial charge is 0.254 e. The molecule has 7 nitrogen and oxygen atoms in total. The van der Waals surface area contributed by atoms with Crippen molar-refractivity contribution in [2.75, 3.05) is 11.1 Å². The number of aryl methyl sites for hydroxylation is 1. The van der Waals surface area contributed by atoms with E-state index >= 15 is 0 Å². The summed E-state index contributed by atoms with van der Waals surface area (Å²) < 4.78 is 15.5. The number of benzene rings is 2. The molecule has 1 atom stereocenters. The molecule has 0 aliphatic rings. The molecular weight excluding hydrogens is 405 g/mol. The van der Waals surface area contributed by atoms with Crippen LogP contribution in [-0.4, -0.2) is 32.3 Å². The summed E-state index contributed by atoms with van der Waals surface area (Å²) in [7, 11) is 1.75. The lowest BCUT2D eigenvalue weighted by atomic mass is 10.2. The Labute approximate surface area is 178 Å².